The number of carbonyl (C=O) groups excluding carboxylic acids is 1. The van der Waals surface area contributed by atoms with Gasteiger partial charge in [-0.15, -0.1) is 0 Å². The number of hydrogen-bond acceptors (Lipinski definition) is 3. The molecule has 0 atom stereocenters. The summed E-state index contributed by atoms with van der Waals surface area (Å²) in [6.07, 6.45) is 1.65. The van der Waals surface area contributed by atoms with Crippen molar-refractivity contribution in [1.82, 2.24) is 9.78 Å². The molecule has 0 aliphatic heterocycles. The molecule has 0 bridgehead atoms. The van der Waals surface area contributed by atoms with Crippen LogP contribution in [-0.4, -0.2) is 22.9 Å². The van der Waals surface area contributed by atoms with E-state index in [1.165, 1.54) is 17.9 Å². The van der Waals surface area contributed by atoms with E-state index in [1.54, 1.807) is 42.6 Å². The predicted molar refractivity (Wildman–Crippen MR) is 106 cm³/mol. The van der Waals surface area contributed by atoms with Crippen molar-refractivity contribution in [3.05, 3.63) is 69.5 Å². The fraction of sp³-hybridized carbons (Fsp3) is 0.111. The molecule has 2 N–H and O–H groups in total. The molecule has 0 fully saturated rings. The monoisotopic (exact) mass is 452 g/mol. The first-order valence-electron chi connectivity index (χ1n) is 7.84. The summed E-state index contributed by atoms with van der Waals surface area (Å²) in [6, 6.07) is 10.8. The Kier molecular flexibility index (Phi) is 5.98. The quantitative estimate of drug-likeness (QED) is 0.562. The normalized spacial score (nSPS) is 10.5. The Morgan fingerprint density at radius 2 is 2.07 bits per heavy atom. The second kappa shape index (κ2) is 8.41. The van der Waals surface area contributed by atoms with E-state index < -0.39 is 6.03 Å². The molecule has 0 saturated heterocycles. The van der Waals surface area contributed by atoms with Gasteiger partial charge in [0.2, 0.25) is 0 Å². The molecule has 0 spiro atoms. The number of methoxy groups -OCH3 is 1. The van der Waals surface area contributed by atoms with E-state index in [2.05, 4.69) is 31.7 Å². The van der Waals surface area contributed by atoms with Crippen molar-refractivity contribution in [2.24, 2.45) is 0 Å². The highest BCUT2D eigenvalue weighted by Crippen LogP contribution is 2.28. The van der Waals surface area contributed by atoms with Crippen LogP contribution in [0.25, 0.3) is 0 Å². The maximum Gasteiger partial charge on any atom is 0.325 e. The van der Waals surface area contributed by atoms with Crippen LogP contribution in [-0.2, 0) is 6.54 Å². The maximum absolute atomic E-state index is 13.8. The Morgan fingerprint density at radius 1 is 1.30 bits per heavy atom. The minimum Gasteiger partial charge on any atom is -0.495 e. The van der Waals surface area contributed by atoms with Gasteiger partial charge in [0.25, 0.3) is 0 Å². The zero-order valence-electron chi connectivity index (χ0n) is 14.2. The van der Waals surface area contributed by atoms with Gasteiger partial charge in [-0.1, -0.05) is 29.8 Å². The summed E-state index contributed by atoms with van der Waals surface area (Å²) >= 11 is 9.29. The zero-order valence-corrected chi connectivity index (χ0v) is 16.5. The molecule has 3 rings (SSSR count). The highest BCUT2D eigenvalue weighted by molar-refractivity contribution is 9.10. The second-order valence-electron chi connectivity index (χ2n) is 5.54. The lowest BCUT2D eigenvalue weighted by Crippen LogP contribution is -2.20. The molecule has 6 nitrogen and oxygen atoms in total. The minimum atomic E-state index is -0.521. The molecule has 0 aliphatic rings. The van der Waals surface area contributed by atoms with Gasteiger partial charge in [-0.3, -0.25) is 10.00 Å². The van der Waals surface area contributed by atoms with Crippen molar-refractivity contribution >= 4 is 45.1 Å². The van der Waals surface area contributed by atoms with E-state index in [0.29, 0.717) is 32.3 Å². The second-order valence-corrected chi connectivity index (χ2v) is 6.83. The first-order chi connectivity index (χ1) is 13.0. The Balaban J connectivity index is 1.71. The number of nitrogens with one attached hydrogen (secondary N) is 2. The number of benzene rings is 2. The van der Waals surface area contributed by atoms with E-state index >= 15 is 0 Å². The van der Waals surface area contributed by atoms with Crippen molar-refractivity contribution in [1.29, 1.82) is 0 Å². The van der Waals surface area contributed by atoms with Crippen molar-refractivity contribution < 1.29 is 13.9 Å². The van der Waals surface area contributed by atoms with Gasteiger partial charge in [-0.2, -0.15) is 5.10 Å². The highest BCUT2D eigenvalue weighted by atomic mass is 79.9. The van der Waals surface area contributed by atoms with E-state index in [4.69, 9.17) is 16.3 Å². The van der Waals surface area contributed by atoms with E-state index in [1.807, 2.05) is 0 Å². The fourth-order valence-corrected chi connectivity index (χ4v) is 2.99. The lowest BCUT2D eigenvalue weighted by atomic mass is 10.2. The van der Waals surface area contributed by atoms with Crippen molar-refractivity contribution in [2.75, 3.05) is 17.7 Å². The van der Waals surface area contributed by atoms with Gasteiger partial charge in [0.05, 0.1) is 23.8 Å². The summed E-state index contributed by atoms with van der Waals surface area (Å²) < 4.78 is 21.1. The predicted octanol–water partition coefficient (Wildman–Crippen LogP) is 5.14. The van der Waals surface area contributed by atoms with Crippen molar-refractivity contribution in [2.45, 2.75) is 6.54 Å². The Bertz CT molecular complexity index is 980. The molecular formula is C18H15BrClFN4O2. The number of anilines is 2. The topological polar surface area (TPSA) is 68.2 Å². The minimum absolute atomic E-state index is 0.233. The molecule has 1 heterocycles. The van der Waals surface area contributed by atoms with Crippen LogP contribution in [0.3, 0.4) is 0 Å². The lowest BCUT2D eigenvalue weighted by Gasteiger charge is -2.10. The van der Waals surface area contributed by atoms with Gasteiger partial charge in [0.1, 0.15) is 11.6 Å². The van der Waals surface area contributed by atoms with Crippen molar-refractivity contribution in [3.8, 4) is 5.75 Å². The SMILES string of the molecule is COc1ccc(Cl)cc1NC(=O)Nc1nn(Cc2ccccc2F)cc1Br. The van der Waals surface area contributed by atoms with Gasteiger partial charge >= 0.3 is 6.03 Å². The molecule has 2 amide bonds. The van der Waals surface area contributed by atoms with Gasteiger partial charge in [0.15, 0.2) is 5.82 Å². The molecule has 2 aromatic carbocycles. The van der Waals surface area contributed by atoms with Crippen LogP contribution in [0, 0.1) is 5.82 Å². The highest BCUT2D eigenvalue weighted by Gasteiger charge is 2.13. The van der Waals surface area contributed by atoms with Crippen LogP contribution in [0.4, 0.5) is 20.7 Å². The number of aromatic nitrogens is 2. The summed E-state index contributed by atoms with van der Waals surface area (Å²) in [4.78, 5) is 12.3. The number of hydrogen-bond donors (Lipinski definition) is 2. The molecule has 1 aromatic heterocycles. The largest absolute Gasteiger partial charge is 0.495 e. The van der Waals surface area contributed by atoms with Crippen LogP contribution >= 0.6 is 27.5 Å². The third kappa shape index (κ3) is 4.78. The number of halogens is 3. The summed E-state index contributed by atoms with van der Waals surface area (Å²) in [5.41, 5.74) is 0.913. The molecule has 0 unspecified atom stereocenters. The molecule has 140 valence electrons. The third-order valence-corrected chi connectivity index (χ3v) is 4.46. The number of rotatable bonds is 5. The molecule has 0 radical (unpaired) electrons. The number of ether oxygens (including phenoxy) is 1. The molecule has 27 heavy (non-hydrogen) atoms. The third-order valence-electron chi connectivity index (χ3n) is 3.65. The van der Waals surface area contributed by atoms with Crippen molar-refractivity contribution in [3.63, 3.8) is 0 Å². The smallest absolute Gasteiger partial charge is 0.325 e. The van der Waals surface area contributed by atoms with Gasteiger partial charge < -0.3 is 10.1 Å². The van der Waals surface area contributed by atoms with Crippen LogP contribution in [0.5, 0.6) is 5.75 Å². The van der Waals surface area contributed by atoms with Gasteiger partial charge in [-0.05, 0) is 40.2 Å². The van der Waals surface area contributed by atoms with Gasteiger partial charge in [-0.25, -0.2) is 9.18 Å². The number of amides is 2. The van der Waals surface area contributed by atoms with E-state index in [0.717, 1.165) is 0 Å². The average Bonchev–Trinajstić information content (AvgIpc) is 2.96. The lowest BCUT2D eigenvalue weighted by molar-refractivity contribution is 0.262. The summed E-state index contributed by atoms with van der Waals surface area (Å²) in [5, 5.41) is 10.0. The summed E-state index contributed by atoms with van der Waals surface area (Å²) in [7, 11) is 1.49. The summed E-state index contributed by atoms with van der Waals surface area (Å²) in [6.45, 7) is 0.233. The molecule has 0 aliphatic carbocycles. The molecule has 9 heteroatoms. The van der Waals surface area contributed by atoms with Crippen LogP contribution < -0.4 is 15.4 Å². The fourth-order valence-electron chi connectivity index (χ4n) is 2.40. The molecule has 0 saturated carbocycles. The maximum atomic E-state index is 13.8. The molecular weight excluding hydrogens is 439 g/mol. The Labute approximate surface area is 168 Å². The van der Waals surface area contributed by atoms with E-state index in [-0.39, 0.29) is 12.4 Å². The average molecular weight is 454 g/mol. The first kappa shape index (κ1) is 19.2. The van der Waals surface area contributed by atoms with E-state index in [9.17, 15) is 9.18 Å². The van der Waals surface area contributed by atoms with Gasteiger partial charge in [0, 0.05) is 16.8 Å². The van der Waals surface area contributed by atoms with Crippen LogP contribution in [0.2, 0.25) is 5.02 Å². The zero-order chi connectivity index (χ0) is 19.4. The summed E-state index contributed by atoms with van der Waals surface area (Å²) in [5.74, 6) is 0.452. The Hall–Kier alpha value is -2.58. The first-order valence-corrected chi connectivity index (χ1v) is 9.01. The van der Waals surface area contributed by atoms with Crippen LogP contribution in [0.15, 0.2) is 53.1 Å². The Morgan fingerprint density at radius 3 is 2.81 bits per heavy atom. The van der Waals surface area contributed by atoms with Crippen LogP contribution in [0.1, 0.15) is 5.56 Å². The standard InChI is InChI=1S/C18H15BrClFN4O2/c1-27-16-7-6-12(20)8-15(16)22-18(26)23-17-13(19)10-25(24-17)9-11-4-2-3-5-14(11)21/h2-8,10H,9H2,1H3,(H2,22,23,24,26). The number of nitrogens with zero attached hydrogens (tertiary/aromatic N) is 2. The number of urea groups is 1. The number of carbonyl (C=O) groups is 1. The molecule has 3 aromatic rings.